The number of pyridine rings is 1. The van der Waals surface area contributed by atoms with Crippen molar-refractivity contribution in [1.82, 2.24) is 14.5 Å². The molecule has 42 heavy (non-hydrogen) atoms. The third-order valence-corrected chi connectivity index (χ3v) is 8.34. The zero-order valence-electron chi connectivity index (χ0n) is 22.5. The minimum Gasteiger partial charge on any atom is -0.457 e. The Bertz CT molecular complexity index is 1810. The van der Waals surface area contributed by atoms with Crippen LogP contribution in [0.4, 0.5) is 14.5 Å². The number of carbonyl (C=O) groups excluding carboxylic acids is 2. The molecule has 2 amide bonds. The largest absolute Gasteiger partial charge is 0.457 e. The van der Waals surface area contributed by atoms with Gasteiger partial charge in [0.1, 0.15) is 28.7 Å². The Kier molecular flexibility index (Phi) is 6.22. The van der Waals surface area contributed by atoms with E-state index in [1.165, 1.54) is 35.0 Å². The van der Waals surface area contributed by atoms with Crippen molar-refractivity contribution in [2.45, 2.75) is 18.3 Å². The van der Waals surface area contributed by atoms with E-state index in [1.54, 1.807) is 46.3 Å². The van der Waals surface area contributed by atoms with Crippen LogP contribution in [-0.4, -0.2) is 46.0 Å². The van der Waals surface area contributed by atoms with E-state index in [-0.39, 0.29) is 22.8 Å². The highest BCUT2D eigenvalue weighted by Crippen LogP contribution is 2.48. The van der Waals surface area contributed by atoms with Crippen LogP contribution in [0.15, 0.2) is 97.3 Å². The average molecular weight is 565 g/mol. The number of fused-ring (bicyclic) bond motifs is 3. The molecule has 2 aromatic heterocycles. The third kappa shape index (κ3) is 4.38. The number of halogens is 2. The van der Waals surface area contributed by atoms with Crippen molar-refractivity contribution < 1.29 is 23.1 Å². The minimum atomic E-state index is -0.543. The van der Waals surface area contributed by atoms with Gasteiger partial charge in [-0.1, -0.05) is 18.2 Å². The van der Waals surface area contributed by atoms with Gasteiger partial charge in [-0.15, -0.1) is 0 Å². The first kappa shape index (κ1) is 25.9. The first-order valence-electron chi connectivity index (χ1n) is 13.8. The predicted molar refractivity (Wildman–Crippen MR) is 153 cm³/mol. The maximum atomic E-state index is 14.7. The van der Waals surface area contributed by atoms with E-state index in [1.807, 2.05) is 30.3 Å². The lowest BCUT2D eigenvalue weighted by molar-refractivity contribution is 0.0670. The number of carbonyl (C=O) groups is 2. The second kappa shape index (κ2) is 10.1. The van der Waals surface area contributed by atoms with E-state index >= 15 is 0 Å². The van der Waals surface area contributed by atoms with Gasteiger partial charge in [-0.25, -0.2) is 13.3 Å². The number of ether oxygens (including phenoxy) is 1. The Labute approximate surface area is 240 Å². The number of aromatic nitrogens is 2. The maximum Gasteiger partial charge on any atom is 0.262 e. The zero-order chi connectivity index (χ0) is 28.8. The first-order chi connectivity index (χ1) is 20.4. The molecule has 2 aliphatic rings. The van der Waals surface area contributed by atoms with Gasteiger partial charge in [0, 0.05) is 42.5 Å². The van der Waals surface area contributed by atoms with Crippen molar-refractivity contribution in [3.63, 3.8) is 0 Å². The second-order valence-corrected chi connectivity index (χ2v) is 10.8. The van der Waals surface area contributed by atoms with Crippen LogP contribution in [0.2, 0.25) is 0 Å². The van der Waals surface area contributed by atoms with Crippen molar-refractivity contribution in [2.75, 3.05) is 24.5 Å². The van der Waals surface area contributed by atoms with Gasteiger partial charge in [-0.3, -0.25) is 9.59 Å². The molecule has 1 spiro atoms. The summed E-state index contributed by atoms with van der Waals surface area (Å²) in [4.78, 5) is 30.6. The summed E-state index contributed by atoms with van der Waals surface area (Å²) in [5.74, 6) is -0.0699. The van der Waals surface area contributed by atoms with Gasteiger partial charge in [0.15, 0.2) is 0 Å². The number of para-hydroxylation sites is 1. The van der Waals surface area contributed by atoms with Gasteiger partial charge in [0.2, 0.25) is 0 Å². The SMILES string of the molecule is O=C(c1ccc(Oc2ccccc2)cc1)N1CCC2(CC1)CN(C(=O)c1cnn3cccc(F)c13)c1ccc(F)cc12. The van der Waals surface area contributed by atoms with E-state index < -0.39 is 17.1 Å². The Morgan fingerprint density at radius 2 is 1.57 bits per heavy atom. The van der Waals surface area contributed by atoms with E-state index in [2.05, 4.69) is 5.10 Å². The molecule has 0 atom stereocenters. The number of hydrogen-bond acceptors (Lipinski definition) is 4. The van der Waals surface area contributed by atoms with Gasteiger partial charge in [-0.05, 0) is 85.1 Å². The molecule has 3 aromatic carbocycles. The Hall–Kier alpha value is -5.05. The molecule has 210 valence electrons. The standard InChI is InChI=1S/C33H26F2N4O3/c34-23-10-13-29-27(19-23)33(21-38(29)32(41)26-20-36-39-16-4-7-28(35)30(26)39)14-17-37(18-15-33)31(40)22-8-11-25(12-9-22)42-24-5-2-1-3-6-24/h1-13,16,19-20H,14-15,17-18,21H2. The van der Waals surface area contributed by atoms with Crippen LogP contribution in [0.1, 0.15) is 39.1 Å². The first-order valence-corrected chi connectivity index (χ1v) is 13.8. The monoisotopic (exact) mass is 564 g/mol. The fourth-order valence-electron chi connectivity index (χ4n) is 6.16. The summed E-state index contributed by atoms with van der Waals surface area (Å²) >= 11 is 0. The van der Waals surface area contributed by atoms with Gasteiger partial charge >= 0.3 is 0 Å². The summed E-state index contributed by atoms with van der Waals surface area (Å²) in [6.07, 6.45) is 4.06. The van der Waals surface area contributed by atoms with Crippen LogP contribution in [0, 0.1) is 11.6 Å². The quantitative estimate of drug-likeness (QED) is 0.259. The number of hydrogen-bond donors (Lipinski definition) is 0. The minimum absolute atomic E-state index is 0.0941. The van der Waals surface area contributed by atoms with Crippen LogP contribution in [0.5, 0.6) is 11.5 Å². The van der Waals surface area contributed by atoms with Crippen LogP contribution < -0.4 is 9.64 Å². The Morgan fingerprint density at radius 3 is 2.33 bits per heavy atom. The van der Waals surface area contributed by atoms with Crippen molar-refractivity contribution >= 4 is 23.0 Å². The topological polar surface area (TPSA) is 67.2 Å². The van der Waals surface area contributed by atoms with Gasteiger partial charge in [-0.2, -0.15) is 5.10 Å². The molecule has 0 aliphatic carbocycles. The van der Waals surface area contributed by atoms with Crippen molar-refractivity contribution in [3.05, 3.63) is 126 Å². The summed E-state index contributed by atoms with van der Waals surface area (Å²) in [6, 6.07) is 23.7. The number of nitrogens with zero attached hydrogens (tertiary/aromatic N) is 4. The molecule has 0 unspecified atom stereocenters. The number of amides is 2. The molecular formula is C33H26F2N4O3. The van der Waals surface area contributed by atoms with Crippen LogP contribution in [0.3, 0.4) is 0 Å². The number of anilines is 1. The fourth-order valence-corrected chi connectivity index (χ4v) is 6.16. The molecule has 0 bridgehead atoms. The van der Waals surface area contributed by atoms with Crippen LogP contribution >= 0.6 is 0 Å². The number of rotatable bonds is 4. The second-order valence-electron chi connectivity index (χ2n) is 10.8. The highest BCUT2D eigenvalue weighted by Gasteiger charge is 2.47. The summed E-state index contributed by atoms with van der Waals surface area (Å²) in [6.45, 7) is 1.21. The number of benzene rings is 3. The van der Waals surface area contributed by atoms with E-state index in [0.717, 1.165) is 5.56 Å². The lowest BCUT2D eigenvalue weighted by Crippen LogP contribution is -2.47. The van der Waals surface area contributed by atoms with E-state index in [9.17, 15) is 18.4 Å². The summed E-state index contributed by atoms with van der Waals surface area (Å²) in [5.41, 5.74) is 1.61. The lowest BCUT2D eigenvalue weighted by Gasteiger charge is -2.40. The normalized spacial score (nSPS) is 15.7. The van der Waals surface area contributed by atoms with Crippen LogP contribution in [-0.2, 0) is 5.41 Å². The average Bonchev–Trinajstić information content (AvgIpc) is 3.58. The van der Waals surface area contributed by atoms with Crippen molar-refractivity contribution in [2.24, 2.45) is 0 Å². The van der Waals surface area contributed by atoms with Gasteiger partial charge in [0.05, 0.1) is 11.8 Å². The van der Waals surface area contributed by atoms with Crippen LogP contribution in [0.25, 0.3) is 5.52 Å². The summed E-state index contributed by atoms with van der Waals surface area (Å²) < 4.78 is 36.4. The fraction of sp³-hybridized carbons (Fsp3) is 0.182. The lowest BCUT2D eigenvalue weighted by atomic mass is 9.74. The molecule has 9 heteroatoms. The van der Waals surface area contributed by atoms with Crippen molar-refractivity contribution in [3.8, 4) is 11.5 Å². The van der Waals surface area contributed by atoms with Crippen molar-refractivity contribution in [1.29, 1.82) is 0 Å². The number of piperidine rings is 1. The molecule has 7 rings (SSSR count). The van der Waals surface area contributed by atoms with Gasteiger partial charge < -0.3 is 14.5 Å². The van der Waals surface area contributed by atoms with E-state index in [4.69, 9.17) is 4.74 Å². The third-order valence-electron chi connectivity index (χ3n) is 8.34. The molecule has 4 heterocycles. The molecule has 5 aromatic rings. The summed E-state index contributed by atoms with van der Waals surface area (Å²) in [7, 11) is 0. The van der Waals surface area contributed by atoms with Gasteiger partial charge in [0.25, 0.3) is 11.8 Å². The molecule has 2 aliphatic heterocycles. The molecule has 7 nitrogen and oxygen atoms in total. The smallest absolute Gasteiger partial charge is 0.262 e. The molecule has 1 saturated heterocycles. The molecule has 0 saturated carbocycles. The zero-order valence-corrected chi connectivity index (χ0v) is 22.5. The molecule has 1 fully saturated rings. The molecular weight excluding hydrogens is 538 g/mol. The van der Waals surface area contributed by atoms with E-state index in [0.29, 0.717) is 55.2 Å². The molecule has 0 radical (unpaired) electrons. The highest BCUT2D eigenvalue weighted by atomic mass is 19.1. The maximum absolute atomic E-state index is 14.7. The highest BCUT2D eigenvalue weighted by molar-refractivity contribution is 6.11. The Balaban J connectivity index is 1.10. The Morgan fingerprint density at radius 1 is 0.833 bits per heavy atom. The predicted octanol–water partition coefficient (Wildman–Crippen LogP) is 6.24. The molecule has 0 N–H and O–H groups in total. The summed E-state index contributed by atoms with van der Waals surface area (Å²) in [5, 5.41) is 4.15. The number of likely N-dealkylation sites (tertiary alicyclic amines) is 1.